The van der Waals surface area contributed by atoms with Gasteiger partial charge in [-0.05, 0) is 30.6 Å². The van der Waals surface area contributed by atoms with Crippen molar-refractivity contribution in [3.05, 3.63) is 0 Å². The van der Waals surface area contributed by atoms with Crippen LogP contribution < -0.4 is 5.32 Å². The molecular weight excluding hydrogens is 202 g/mol. The lowest BCUT2D eigenvalue weighted by atomic mass is 9.74. The standard InChI is InChI=1S/C13H27NO2/c1-9(2)12-5-4-10(3)6-13(12)14-7-11(16)8-15/h9-16H,4-8H2,1-3H3. The Morgan fingerprint density at radius 1 is 1.31 bits per heavy atom. The summed E-state index contributed by atoms with van der Waals surface area (Å²) in [6, 6.07) is 0.505. The molecule has 1 aliphatic rings. The van der Waals surface area contributed by atoms with E-state index in [9.17, 15) is 5.11 Å². The molecule has 0 amide bonds. The Kier molecular flexibility index (Phi) is 5.73. The fourth-order valence-electron chi connectivity index (χ4n) is 2.79. The summed E-state index contributed by atoms with van der Waals surface area (Å²) in [4.78, 5) is 0. The maximum absolute atomic E-state index is 9.37. The van der Waals surface area contributed by atoms with Gasteiger partial charge < -0.3 is 15.5 Å². The fourth-order valence-corrected chi connectivity index (χ4v) is 2.79. The molecule has 0 aromatic heterocycles. The van der Waals surface area contributed by atoms with E-state index in [4.69, 9.17) is 5.11 Å². The second kappa shape index (κ2) is 6.58. The van der Waals surface area contributed by atoms with Crippen molar-refractivity contribution in [2.24, 2.45) is 17.8 Å². The van der Waals surface area contributed by atoms with E-state index in [1.165, 1.54) is 19.3 Å². The molecule has 4 unspecified atom stereocenters. The molecule has 0 bridgehead atoms. The van der Waals surface area contributed by atoms with E-state index in [0.717, 1.165) is 5.92 Å². The Balaban J connectivity index is 2.44. The Morgan fingerprint density at radius 3 is 2.56 bits per heavy atom. The molecular formula is C13H27NO2. The van der Waals surface area contributed by atoms with E-state index in [2.05, 4.69) is 26.1 Å². The third kappa shape index (κ3) is 4.04. The molecule has 0 aliphatic heterocycles. The zero-order valence-electron chi connectivity index (χ0n) is 10.8. The summed E-state index contributed by atoms with van der Waals surface area (Å²) < 4.78 is 0. The first-order valence-corrected chi connectivity index (χ1v) is 6.56. The normalized spacial score (nSPS) is 33.0. The van der Waals surface area contributed by atoms with Gasteiger partial charge in [0.2, 0.25) is 0 Å². The van der Waals surface area contributed by atoms with Gasteiger partial charge in [-0.15, -0.1) is 0 Å². The van der Waals surface area contributed by atoms with Gasteiger partial charge in [0.25, 0.3) is 0 Å². The van der Waals surface area contributed by atoms with E-state index in [1.54, 1.807) is 0 Å². The second-order valence-electron chi connectivity index (χ2n) is 5.68. The summed E-state index contributed by atoms with van der Waals surface area (Å²) in [5.41, 5.74) is 0. The molecule has 3 nitrogen and oxygen atoms in total. The fraction of sp³-hybridized carbons (Fsp3) is 1.00. The van der Waals surface area contributed by atoms with Crippen LogP contribution in [0.2, 0.25) is 0 Å². The van der Waals surface area contributed by atoms with E-state index >= 15 is 0 Å². The largest absolute Gasteiger partial charge is 0.394 e. The number of aliphatic hydroxyl groups excluding tert-OH is 2. The highest BCUT2D eigenvalue weighted by atomic mass is 16.3. The van der Waals surface area contributed by atoms with Crippen molar-refractivity contribution < 1.29 is 10.2 Å². The number of nitrogens with one attached hydrogen (secondary N) is 1. The molecule has 96 valence electrons. The highest BCUT2D eigenvalue weighted by Crippen LogP contribution is 2.33. The first kappa shape index (κ1) is 13.9. The van der Waals surface area contributed by atoms with Crippen LogP contribution in [-0.4, -0.2) is 35.5 Å². The molecule has 1 aliphatic carbocycles. The molecule has 0 aromatic rings. The van der Waals surface area contributed by atoms with Gasteiger partial charge in [-0.2, -0.15) is 0 Å². The molecule has 0 radical (unpaired) electrons. The van der Waals surface area contributed by atoms with Crippen LogP contribution in [-0.2, 0) is 0 Å². The summed E-state index contributed by atoms with van der Waals surface area (Å²) >= 11 is 0. The number of aliphatic hydroxyl groups is 2. The lowest BCUT2D eigenvalue weighted by Gasteiger charge is -2.38. The first-order chi connectivity index (χ1) is 7.54. The summed E-state index contributed by atoms with van der Waals surface area (Å²) in [5, 5.41) is 21.6. The van der Waals surface area contributed by atoms with Crippen molar-refractivity contribution in [3.8, 4) is 0 Å². The van der Waals surface area contributed by atoms with Crippen LogP contribution in [0.5, 0.6) is 0 Å². The number of rotatable bonds is 5. The minimum atomic E-state index is -0.620. The molecule has 0 heterocycles. The van der Waals surface area contributed by atoms with Crippen molar-refractivity contribution in [2.75, 3.05) is 13.2 Å². The minimum Gasteiger partial charge on any atom is -0.394 e. The van der Waals surface area contributed by atoms with Crippen LogP contribution in [0, 0.1) is 17.8 Å². The van der Waals surface area contributed by atoms with Gasteiger partial charge in [0.05, 0.1) is 12.7 Å². The van der Waals surface area contributed by atoms with E-state index in [1.807, 2.05) is 0 Å². The van der Waals surface area contributed by atoms with E-state index in [0.29, 0.717) is 24.4 Å². The van der Waals surface area contributed by atoms with Crippen LogP contribution in [0.3, 0.4) is 0 Å². The highest BCUT2D eigenvalue weighted by Gasteiger charge is 2.30. The maximum atomic E-state index is 9.37. The second-order valence-corrected chi connectivity index (χ2v) is 5.68. The Labute approximate surface area is 99.3 Å². The van der Waals surface area contributed by atoms with Crippen LogP contribution in [0.25, 0.3) is 0 Å². The van der Waals surface area contributed by atoms with Crippen molar-refractivity contribution >= 4 is 0 Å². The van der Waals surface area contributed by atoms with Gasteiger partial charge in [-0.25, -0.2) is 0 Å². The van der Waals surface area contributed by atoms with Gasteiger partial charge in [0.1, 0.15) is 0 Å². The van der Waals surface area contributed by atoms with Crippen molar-refractivity contribution in [1.29, 1.82) is 0 Å². The number of hydrogen-bond donors (Lipinski definition) is 3. The monoisotopic (exact) mass is 229 g/mol. The summed E-state index contributed by atoms with van der Waals surface area (Å²) in [5.74, 6) is 2.18. The first-order valence-electron chi connectivity index (χ1n) is 6.56. The Bertz CT molecular complexity index is 196. The zero-order valence-corrected chi connectivity index (χ0v) is 10.8. The zero-order chi connectivity index (χ0) is 12.1. The number of hydrogen-bond acceptors (Lipinski definition) is 3. The third-order valence-electron chi connectivity index (χ3n) is 3.85. The van der Waals surface area contributed by atoms with Gasteiger partial charge >= 0.3 is 0 Å². The third-order valence-corrected chi connectivity index (χ3v) is 3.85. The predicted molar refractivity (Wildman–Crippen MR) is 66.2 cm³/mol. The smallest absolute Gasteiger partial charge is 0.0895 e. The molecule has 16 heavy (non-hydrogen) atoms. The van der Waals surface area contributed by atoms with Gasteiger partial charge in [-0.3, -0.25) is 0 Å². The van der Waals surface area contributed by atoms with Crippen LogP contribution in [0.15, 0.2) is 0 Å². The molecule has 1 rings (SSSR count). The highest BCUT2D eigenvalue weighted by molar-refractivity contribution is 4.85. The van der Waals surface area contributed by atoms with Gasteiger partial charge in [0.15, 0.2) is 0 Å². The lowest BCUT2D eigenvalue weighted by Crippen LogP contribution is -2.46. The maximum Gasteiger partial charge on any atom is 0.0895 e. The van der Waals surface area contributed by atoms with Crippen molar-refractivity contribution in [3.63, 3.8) is 0 Å². The summed E-state index contributed by atoms with van der Waals surface area (Å²) in [6.45, 7) is 7.21. The molecule has 1 fully saturated rings. The average Bonchev–Trinajstić information content (AvgIpc) is 2.25. The van der Waals surface area contributed by atoms with E-state index < -0.39 is 6.10 Å². The molecule has 3 heteroatoms. The van der Waals surface area contributed by atoms with Crippen LogP contribution in [0.1, 0.15) is 40.0 Å². The Hall–Kier alpha value is -0.120. The van der Waals surface area contributed by atoms with Crippen LogP contribution in [0.4, 0.5) is 0 Å². The van der Waals surface area contributed by atoms with Crippen molar-refractivity contribution in [2.45, 2.75) is 52.2 Å². The molecule has 0 aromatic carbocycles. The summed E-state index contributed by atoms with van der Waals surface area (Å²) in [6.07, 6.45) is 3.18. The van der Waals surface area contributed by atoms with E-state index in [-0.39, 0.29) is 6.61 Å². The molecule has 1 saturated carbocycles. The van der Waals surface area contributed by atoms with Crippen molar-refractivity contribution in [1.82, 2.24) is 5.32 Å². The van der Waals surface area contributed by atoms with Gasteiger partial charge in [0, 0.05) is 12.6 Å². The predicted octanol–water partition coefficient (Wildman–Crippen LogP) is 1.39. The molecule has 0 saturated heterocycles. The molecule has 0 spiro atoms. The average molecular weight is 229 g/mol. The minimum absolute atomic E-state index is 0.151. The quantitative estimate of drug-likeness (QED) is 0.668. The topological polar surface area (TPSA) is 52.5 Å². The SMILES string of the molecule is CC1CCC(C(C)C)C(NCC(O)CO)C1. The molecule has 4 atom stereocenters. The van der Waals surface area contributed by atoms with Crippen LogP contribution >= 0.6 is 0 Å². The Morgan fingerprint density at radius 2 is 2.00 bits per heavy atom. The summed E-state index contributed by atoms with van der Waals surface area (Å²) in [7, 11) is 0. The lowest BCUT2D eigenvalue weighted by molar-refractivity contribution is 0.0806. The molecule has 3 N–H and O–H groups in total. The van der Waals surface area contributed by atoms with Gasteiger partial charge in [-0.1, -0.05) is 27.2 Å².